The van der Waals surface area contributed by atoms with E-state index >= 15 is 0 Å². The molecule has 1 unspecified atom stereocenters. The first-order valence-electron chi connectivity index (χ1n) is 2.35. The maximum absolute atomic E-state index is 10.4. The minimum Gasteiger partial charge on any atom is -0.337 e. The SMILES string of the molecule is [O]CC(Br)(Br)OC(I)CI. The van der Waals surface area contributed by atoms with Gasteiger partial charge in [-0.25, -0.2) is 5.11 Å². The molecule has 0 saturated carbocycles. The van der Waals surface area contributed by atoms with Gasteiger partial charge >= 0.3 is 0 Å². The second-order valence-electron chi connectivity index (χ2n) is 1.46. The van der Waals surface area contributed by atoms with Crippen molar-refractivity contribution in [2.24, 2.45) is 0 Å². The van der Waals surface area contributed by atoms with E-state index in [-0.39, 0.29) is 10.7 Å². The van der Waals surface area contributed by atoms with Crippen LogP contribution in [0.4, 0.5) is 0 Å². The maximum Gasteiger partial charge on any atom is 0.205 e. The Kier molecular flexibility index (Phi) is 7.28. The molecule has 0 rings (SSSR count). The Labute approximate surface area is 104 Å². The zero-order valence-electron chi connectivity index (χ0n) is 4.82. The van der Waals surface area contributed by atoms with Gasteiger partial charge in [0.05, 0.1) is 0 Å². The highest BCUT2D eigenvalue weighted by Crippen LogP contribution is 2.30. The smallest absolute Gasteiger partial charge is 0.205 e. The lowest BCUT2D eigenvalue weighted by molar-refractivity contribution is 0.0315. The molecular formula is C4H5Br2I2O2. The molecule has 0 aromatic heterocycles. The van der Waals surface area contributed by atoms with Crippen LogP contribution in [0.5, 0.6) is 0 Å². The number of ether oxygens (including phenoxy) is 1. The van der Waals surface area contributed by atoms with Crippen LogP contribution in [0.3, 0.4) is 0 Å². The van der Waals surface area contributed by atoms with Gasteiger partial charge in [0.2, 0.25) is 3.42 Å². The average molecular weight is 499 g/mol. The highest BCUT2D eigenvalue weighted by Gasteiger charge is 2.25. The Hall–Kier alpha value is 2.34. The molecule has 2 nitrogen and oxygen atoms in total. The summed E-state index contributed by atoms with van der Waals surface area (Å²) in [5.41, 5.74) is 0. The predicted octanol–water partition coefficient (Wildman–Crippen LogP) is 3.07. The molecule has 10 heavy (non-hydrogen) atoms. The standard InChI is InChI=1S/C4H5Br2I2O2/c5-4(6,2-9)10-3(8)1-7/h3H,1-2H2. The Morgan fingerprint density at radius 1 is 1.60 bits per heavy atom. The van der Waals surface area contributed by atoms with E-state index in [9.17, 15) is 5.11 Å². The Balaban J connectivity index is 3.64. The van der Waals surface area contributed by atoms with Crippen molar-refractivity contribution in [1.29, 1.82) is 0 Å². The molecule has 6 heteroatoms. The van der Waals surface area contributed by atoms with Gasteiger partial charge in [-0.05, 0) is 31.9 Å². The van der Waals surface area contributed by atoms with Gasteiger partial charge in [0, 0.05) is 4.43 Å². The zero-order chi connectivity index (χ0) is 8.20. The van der Waals surface area contributed by atoms with Crippen molar-refractivity contribution < 1.29 is 9.84 Å². The van der Waals surface area contributed by atoms with E-state index in [0.29, 0.717) is 0 Å². The molecule has 61 valence electrons. The fourth-order valence-corrected chi connectivity index (χ4v) is 2.02. The lowest BCUT2D eigenvalue weighted by Crippen LogP contribution is -2.25. The van der Waals surface area contributed by atoms with E-state index in [4.69, 9.17) is 4.74 Å². The summed E-state index contributed by atoms with van der Waals surface area (Å²) in [6.45, 7) is -0.344. The number of hydrogen-bond acceptors (Lipinski definition) is 1. The van der Waals surface area contributed by atoms with E-state index in [1.165, 1.54) is 0 Å². The molecule has 0 spiro atoms. The van der Waals surface area contributed by atoms with E-state index in [1.807, 2.05) is 0 Å². The van der Waals surface area contributed by atoms with Gasteiger partial charge in [0.15, 0.2) is 0 Å². The Morgan fingerprint density at radius 2 is 2.10 bits per heavy atom. The number of rotatable bonds is 4. The average Bonchev–Trinajstić information content (AvgIpc) is 1.87. The Bertz CT molecular complexity index is 101. The van der Waals surface area contributed by atoms with Gasteiger partial charge in [-0.2, -0.15) is 0 Å². The molecule has 0 aromatic rings. The second kappa shape index (κ2) is 5.90. The van der Waals surface area contributed by atoms with Crippen molar-refractivity contribution in [3.05, 3.63) is 0 Å². The molecule has 0 aromatic carbocycles. The summed E-state index contributed by atoms with van der Waals surface area (Å²) in [4.78, 5) is 0. The van der Waals surface area contributed by atoms with Crippen LogP contribution in [0.25, 0.3) is 0 Å². The number of halogens is 4. The van der Waals surface area contributed by atoms with E-state index in [2.05, 4.69) is 77.0 Å². The Morgan fingerprint density at radius 3 is 2.40 bits per heavy atom. The van der Waals surface area contributed by atoms with E-state index in [1.54, 1.807) is 0 Å². The van der Waals surface area contributed by atoms with Crippen molar-refractivity contribution in [2.45, 2.75) is 7.53 Å². The van der Waals surface area contributed by atoms with Gasteiger partial charge in [0.25, 0.3) is 0 Å². The summed E-state index contributed by atoms with van der Waals surface area (Å²) in [5, 5.41) is 10.4. The van der Waals surface area contributed by atoms with Gasteiger partial charge < -0.3 is 4.74 Å². The first kappa shape index (κ1) is 12.3. The molecular weight excluding hydrogens is 494 g/mol. The topological polar surface area (TPSA) is 29.1 Å². The van der Waals surface area contributed by atoms with Crippen LogP contribution in [0.1, 0.15) is 0 Å². The van der Waals surface area contributed by atoms with Gasteiger partial charge in [-0.15, -0.1) is 0 Å². The summed E-state index contributed by atoms with van der Waals surface area (Å²) in [6, 6.07) is 0. The van der Waals surface area contributed by atoms with Gasteiger partial charge in [-0.1, -0.05) is 45.2 Å². The molecule has 0 amide bonds. The van der Waals surface area contributed by atoms with Crippen LogP contribution in [-0.4, -0.2) is 18.6 Å². The predicted molar refractivity (Wildman–Crippen MR) is 63.9 cm³/mol. The molecule has 0 aliphatic carbocycles. The van der Waals surface area contributed by atoms with Gasteiger partial charge in [0.1, 0.15) is 10.7 Å². The minimum atomic E-state index is -0.878. The lowest BCUT2D eigenvalue weighted by atomic mass is 10.7. The normalized spacial score (nSPS) is 15.3. The molecule has 0 saturated heterocycles. The quantitative estimate of drug-likeness (QED) is 0.433. The summed E-state index contributed by atoms with van der Waals surface area (Å²) in [7, 11) is 0. The monoisotopic (exact) mass is 497 g/mol. The molecule has 0 aliphatic heterocycles. The highest BCUT2D eigenvalue weighted by molar-refractivity contribution is 14.1. The van der Waals surface area contributed by atoms with Crippen molar-refractivity contribution in [3.63, 3.8) is 0 Å². The third-order valence-corrected chi connectivity index (χ3v) is 4.60. The van der Waals surface area contributed by atoms with Crippen molar-refractivity contribution in [2.75, 3.05) is 11.0 Å². The van der Waals surface area contributed by atoms with Crippen LogP contribution >= 0.6 is 77.0 Å². The first-order chi connectivity index (χ1) is 4.52. The fraction of sp³-hybridized carbons (Fsp3) is 1.00. The van der Waals surface area contributed by atoms with Crippen LogP contribution in [0.15, 0.2) is 0 Å². The van der Waals surface area contributed by atoms with Crippen molar-refractivity contribution in [1.82, 2.24) is 0 Å². The molecule has 0 fully saturated rings. The molecule has 0 heterocycles. The first-order valence-corrected chi connectivity index (χ1v) is 6.71. The van der Waals surface area contributed by atoms with Crippen molar-refractivity contribution in [3.8, 4) is 0 Å². The summed E-state index contributed by atoms with van der Waals surface area (Å²) in [5.74, 6) is 0. The third-order valence-electron chi connectivity index (χ3n) is 0.590. The van der Waals surface area contributed by atoms with Crippen LogP contribution in [-0.2, 0) is 9.84 Å². The largest absolute Gasteiger partial charge is 0.337 e. The third kappa shape index (κ3) is 5.92. The molecule has 0 bridgehead atoms. The summed E-state index contributed by atoms with van der Waals surface area (Å²) >= 11 is 10.5. The number of alkyl halides is 4. The van der Waals surface area contributed by atoms with Gasteiger partial charge in [-0.3, -0.25) is 0 Å². The second-order valence-corrected chi connectivity index (χ2v) is 7.36. The lowest BCUT2D eigenvalue weighted by Gasteiger charge is -2.20. The van der Waals surface area contributed by atoms with Crippen LogP contribution in [0, 0.1) is 0 Å². The highest BCUT2D eigenvalue weighted by atomic mass is 127. The molecule has 0 aliphatic rings. The van der Waals surface area contributed by atoms with E-state index in [0.717, 1.165) is 4.43 Å². The van der Waals surface area contributed by atoms with E-state index < -0.39 is 3.42 Å². The van der Waals surface area contributed by atoms with Crippen LogP contribution in [0.2, 0.25) is 0 Å². The zero-order valence-corrected chi connectivity index (χ0v) is 12.3. The molecule has 1 atom stereocenters. The molecule has 1 radical (unpaired) electrons. The summed E-state index contributed by atoms with van der Waals surface area (Å²) in [6.07, 6.45) is 0. The minimum absolute atomic E-state index is 0.0610. The molecule has 0 N–H and O–H groups in total. The van der Waals surface area contributed by atoms with Crippen molar-refractivity contribution >= 4 is 77.0 Å². The number of hydrogen-bond donors (Lipinski definition) is 0. The summed E-state index contributed by atoms with van der Waals surface area (Å²) < 4.78 is 5.28. The fourth-order valence-electron chi connectivity index (χ4n) is 0.253. The maximum atomic E-state index is 10.4. The van der Waals surface area contributed by atoms with Crippen LogP contribution < -0.4 is 0 Å².